The van der Waals surface area contributed by atoms with E-state index >= 15 is 0 Å². The third-order valence-electron chi connectivity index (χ3n) is 6.80. The van der Waals surface area contributed by atoms with Crippen LogP contribution in [0.4, 0.5) is 20.6 Å². The lowest BCUT2D eigenvalue weighted by Gasteiger charge is -2.39. The van der Waals surface area contributed by atoms with E-state index < -0.39 is 0 Å². The molecule has 1 N–H and O–H groups in total. The Labute approximate surface area is 203 Å². The van der Waals surface area contributed by atoms with Crippen molar-refractivity contribution in [1.82, 2.24) is 9.88 Å². The fourth-order valence-corrected chi connectivity index (χ4v) is 5.08. The van der Waals surface area contributed by atoms with Crippen LogP contribution in [0.3, 0.4) is 0 Å². The van der Waals surface area contributed by atoms with Crippen LogP contribution < -0.4 is 10.2 Å². The molecule has 1 aromatic heterocycles. The van der Waals surface area contributed by atoms with Crippen molar-refractivity contribution in [3.63, 3.8) is 0 Å². The van der Waals surface area contributed by atoms with Crippen LogP contribution in [0.25, 0.3) is 6.08 Å². The van der Waals surface area contributed by atoms with E-state index in [9.17, 15) is 9.18 Å². The number of piperidine rings is 1. The fourth-order valence-electron chi connectivity index (χ4n) is 4.95. The summed E-state index contributed by atoms with van der Waals surface area (Å²) in [6.45, 7) is 3.17. The Kier molecular flexibility index (Phi) is 6.35. The first kappa shape index (κ1) is 22.6. The van der Waals surface area contributed by atoms with Crippen LogP contribution in [0.15, 0.2) is 73.1 Å². The number of benzene rings is 2. The summed E-state index contributed by atoms with van der Waals surface area (Å²) in [6, 6.07) is 15.9. The molecule has 2 aliphatic rings. The molecule has 7 heteroatoms. The summed E-state index contributed by atoms with van der Waals surface area (Å²) in [7, 11) is 0. The van der Waals surface area contributed by atoms with Crippen LogP contribution in [0.1, 0.15) is 24.0 Å². The van der Waals surface area contributed by atoms with Crippen molar-refractivity contribution in [3.8, 4) is 0 Å². The average Bonchev–Trinajstić information content (AvgIpc) is 3.16. The molecule has 1 saturated heterocycles. The molecule has 0 aliphatic carbocycles. The first-order valence-electron chi connectivity index (χ1n) is 11.5. The number of nitrogens with zero attached hydrogens (tertiary/aromatic N) is 3. The Balaban J connectivity index is 1.27. The summed E-state index contributed by atoms with van der Waals surface area (Å²) in [5.41, 5.74) is 3.25. The van der Waals surface area contributed by atoms with Gasteiger partial charge in [-0.2, -0.15) is 0 Å². The van der Waals surface area contributed by atoms with Crippen molar-refractivity contribution in [3.05, 3.63) is 95.0 Å². The number of nitrogens with one attached hydrogen (secondary N) is 1. The first-order chi connectivity index (χ1) is 16.5. The summed E-state index contributed by atoms with van der Waals surface area (Å²) in [5, 5.41) is 3.65. The number of fused-ring (bicyclic) bond motifs is 2. The van der Waals surface area contributed by atoms with Gasteiger partial charge in [-0.3, -0.25) is 14.8 Å². The highest BCUT2D eigenvalue weighted by atomic mass is 35.5. The average molecular weight is 477 g/mol. The van der Waals surface area contributed by atoms with Crippen molar-refractivity contribution in [2.45, 2.75) is 18.3 Å². The van der Waals surface area contributed by atoms with Gasteiger partial charge in [0.1, 0.15) is 5.82 Å². The SMILES string of the molecule is O=C(Nc1cccnc1)N1CC2(CCN(C/C=C/c3ccc(Cl)cc3)CC2)c2cc(F)ccc21. The zero-order valence-corrected chi connectivity index (χ0v) is 19.5. The van der Waals surface area contributed by atoms with E-state index in [1.807, 2.05) is 24.3 Å². The van der Waals surface area contributed by atoms with E-state index in [0.29, 0.717) is 12.2 Å². The number of urea groups is 1. The maximum atomic E-state index is 14.2. The van der Waals surface area contributed by atoms with E-state index in [1.165, 1.54) is 6.07 Å². The van der Waals surface area contributed by atoms with Gasteiger partial charge in [-0.15, -0.1) is 0 Å². The number of carbonyl (C=O) groups excluding carboxylic acids is 1. The van der Waals surface area contributed by atoms with Gasteiger partial charge >= 0.3 is 6.03 Å². The Morgan fingerprint density at radius 3 is 2.68 bits per heavy atom. The molecule has 2 aliphatic heterocycles. The number of anilines is 2. The van der Waals surface area contributed by atoms with Crippen molar-refractivity contribution in [2.24, 2.45) is 0 Å². The number of likely N-dealkylation sites (tertiary alicyclic amines) is 1. The second-order valence-corrected chi connectivity index (χ2v) is 9.39. The minimum absolute atomic E-state index is 0.217. The van der Waals surface area contributed by atoms with Crippen LogP contribution in [0, 0.1) is 5.82 Å². The van der Waals surface area contributed by atoms with Gasteiger partial charge in [-0.25, -0.2) is 9.18 Å². The fraction of sp³-hybridized carbons (Fsp3) is 0.259. The van der Waals surface area contributed by atoms with E-state index in [2.05, 4.69) is 27.4 Å². The topological polar surface area (TPSA) is 48.5 Å². The van der Waals surface area contributed by atoms with Crippen molar-refractivity contribution in [2.75, 3.05) is 36.4 Å². The molecule has 0 saturated carbocycles. The second kappa shape index (κ2) is 9.57. The highest BCUT2D eigenvalue weighted by Crippen LogP contribution is 2.47. The molecule has 3 heterocycles. The molecule has 34 heavy (non-hydrogen) atoms. The number of rotatable bonds is 4. The minimum atomic E-state index is -0.263. The summed E-state index contributed by atoms with van der Waals surface area (Å²) in [4.78, 5) is 21.3. The zero-order chi connectivity index (χ0) is 23.5. The first-order valence-corrected chi connectivity index (χ1v) is 11.8. The lowest BCUT2D eigenvalue weighted by Crippen LogP contribution is -2.46. The van der Waals surface area contributed by atoms with Gasteiger partial charge in [0.25, 0.3) is 0 Å². The Morgan fingerprint density at radius 2 is 1.94 bits per heavy atom. The molecule has 0 radical (unpaired) electrons. The largest absolute Gasteiger partial charge is 0.326 e. The zero-order valence-electron chi connectivity index (χ0n) is 18.8. The third kappa shape index (κ3) is 4.69. The summed E-state index contributed by atoms with van der Waals surface area (Å²) >= 11 is 5.96. The molecule has 2 aromatic carbocycles. The summed E-state index contributed by atoms with van der Waals surface area (Å²) in [5.74, 6) is -0.263. The van der Waals surface area contributed by atoms with Crippen LogP contribution in [-0.2, 0) is 5.41 Å². The molecule has 1 fully saturated rings. The lowest BCUT2D eigenvalue weighted by molar-refractivity contribution is 0.180. The molecular formula is C27H26ClFN4O. The number of carbonyl (C=O) groups is 1. The van der Waals surface area contributed by atoms with Gasteiger partial charge in [0.2, 0.25) is 0 Å². The molecule has 1 spiro atoms. The molecule has 0 bridgehead atoms. The molecular weight excluding hydrogens is 451 g/mol. The molecule has 0 unspecified atom stereocenters. The predicted molar refractivity (Wildman–Crippen MR) is 135 cm³/mol. The van der Waals surface area contributed by atoms with Gasteiger partial charge in [-0.1, -0.05) is 35.9 Å². The van der Waals surface area contributed by atoms with Crippen LogP contribution >= 0.6 is 11.6 Å². The lowest BCUT2D eigenvalue weighted by atomic mass is 9.74. The minimum Gasteiger partial charge on any atom is -0.306 e. The predicted octanol–water partition coefficient (Wildman–Crippen LogP) is 5.97. The maximum Gasteiger partial charge on any atom is 0.326 e. The number of hydrogen-bond acceptors (Lipinski definition) is 3. The molecule has 0 atom stereocenters. The number of halogens is 2. The quantitative estimate of drug-likeness (QED) is 0.504. The van der Waals surface area contributed by atoms with Crippen molar-refractivity contribution in [1.29, 1.82) is 0 Å². The summed E-state index contributed by atoms with van der Waals surface area (Å²) < 4.78 is 14.2. The number of amides is 2. The van der Waals surface area contributed by atoms with Gasteiger partial charge in [-0.05, 0) is 79.5 Å². The van der Waals surface area contributed by atoms with Crippen molar-refractivity contribution >= 4 is 35.1 Å². The smallest absolute Gasteiger partial charge is 0.306 e. The monoisotopic (exact) mass is 476 g/mol. The van der Waals surface area contributed by atoms with Crippen LogP contribution in [0.5, 0.6) is 0 Å². The number of hydrogen-bond donors (Lipinski definition) is 1. The Morgan fingerprint density at radius 1 is 1.15 bits per heavy atom. The molecule has 5 rings (SSSR count). The van der Waals surface area contributed by atoms with E-state index in [0.717, 1.165) is 54.3 Å². The van der Waals surface area contributed by atoms with E-state index in [4.69, 9.17) is 11.6 Å². The van der Waals surface area contributed by atoms with Gasteiger partial charge in [0.05, 0.1) is 11.9 Å². The van der Waals surface area contributed by atoms with Crippen LogP contribution in [0.2, 0.25) is 5.02 Å². The molecule has 2 amide bonds. The van der Waals surface area contributed by atoms with Crippen LogP contribution in [-0.4, -0.2) is 42.1 Å². The van der Waals surface area contributed by atoms with Gasteiger partial charge < -0.3 is 5.32 Å². The highest BCUT2D eigenvalue weighted by molar-refractivity contribution is 6.30. The number of pyridine rings is 1. The molecule has 3 aromatic rings. The van der Waals surface area contributed by atoms with E-state index in [1.54, 1.807) is 41.6 Å². The molecule has 5 nitrogen and oxygen atoms in total. The Bertz CT molecular complexity index is 1190. The standard InChI is InChI=1S/C27H26ClFN4O/c28-21-7-5-20(6-8-21)3-2-14-32-15-11-27(12-16-32)19-33(25-10-9-22(29)17-24(25)27)26(34)31-23-4-1-13-30-18-23/h1-10,13,17-18H,11-12,14-16,19H2,(H,31,34)/b3-2+. The van der Waals surface area contributed by atoms with E-state index in [-0.39, 0.29) is 17.3 Å². The Hall–Kier alpha value is -3.22. The van der Waals surface area contributed by atoms with Gasteiger partial charge in [0, 0.05) is 35.4 Å². The third-order valence-corrected chi connectivity index (χ3v) is 7.05. The molecule has 174 valence electrons. The highest BCUT2D eigenvalue weighted by Gasteiger charge is 2.46. The summed E-state index contributed by atoms with van der Waals surface area (Å²) in [6.07, 6.45) is 9.29. The van der Waals surface area contributed by atoms with Gasteiger partial charge in [0.15, 0.2) is 0 Å². The maximum absolute atomic E-state index is 14.2. The second-order valence-electron chi connectivity index (χ2n) is 8.95. The normalized spacial score (nSPS) is 17.3. The van der Waals surface area contributed by atoms with Crippen molar-refractivity contribution < 1.29 is 9.18 Å². The number of aromatic nitrogens is 1.